The molecule has 0 aliphatic carbocycles. The molecule has 7 nitrogen and oxygen atoms in total. The molecule has 2 fully saturated rings. The number of benzene rings is 1. The van der Waals surface area contributed by atoms with Gasteiger partial charge in [-0.15, -0.1) is 0 Å². The number of aryl methyl sites for hydroxylation is 1. The summed E-state index contributed by atoms with van der Waals surface area (Å²) in [6.45, 7) is 6.48. The van der Waals surface area contributed by atoms with Gasteiger partial charge in [0.2, 0.25) is 15.9 Å². The van der Waals surface area contributed by atoms with Crippen molar-refractivity contribution in [1.29, 1.82) is 0 Å². The van der Waals surface area contributed by atoms with E-state index in [0.29, 0.717) is 24.2 Å². The number of amides is 1. The van der Waals surface area contributed by atoms with E-state index >= 15 is 0 Å². The van der Waals surface area contributed by atoms with Gasteiger partial charge in [0.1, 0.15) is 0 Å². The predicted octanol–water partition coefficient (Wildman–Crippen LogP) is 1.25. The van der Waals surface area contributed by atoms with Crippen molar-refractivity contribution in [1.82, 2.24) is 15.6 Å². The van der Waals surface area contributed by atoms with Crippen LogP contribution in [-0.2, 0) is 14.8 Å². The Morgan fingerprint density at radius 2 is 2.08 bits per heavy atom. The zero-order chi connectivity index (χ0) is 18.2. The summed E-state index contributed by atoms with van der Waals surface area (Å²) < 4.78 is 28.6. The van der Waals surface area contributed by atoms with E-state index in [1.54, 1.807) is 24.0 Å². The molecule has 0 aromatic heterocycles. The van der Waals surface area contributed by atoms with Crippen LogP contribution in [0.5, 0.6) is 0 Å². The van der Waals surface area contributed by atoms with Crippen LogP contribution >= 0.6 is 0 Å². The summed E-state index contributed by atoms with van der Waals surface area (Å²) >= 11 is 0. The first-order chi connectivity index (χ1) is 11.8. The minimum atomic E-state index is -3.70. The molecule has 2 saturated heterocycles. The maximum Gasteiger partial charge on any atom is 0.242 e. The standard InChI is InChI=1S/C17H26N4O3S/c1-4-14-12(3)17(19-18-14)20-25(23,24)15-10-13(8-7-11(15)2)21-9-5-6-16(21)22/h7-8,10,12,14,17-20H,4-6,9H2,1-3H3. The van der Waals surface area contributed by atoms with E-state index in [1.807, 2.05) is 13.0 Å². The molecule has 1 amide bonds. The van der Waals surface area contributed by atoms with Gasteiger partial charge >= 0.3 is 0 Å². The molecular formula is C17H26N4O3S. The lowest BCUT2D eigenvalue weighted by atomic mass is 10.0. The monoisotopic (exact) mass is 366 g/mol. The highest BCUT2D eigenvalue weighted by Gasteiger charge is 2.34. The molecule has 3 rings (SSSR count). The van der Waals surface area contributed by atoms with Crippen LogP contribution in [0.2, 0.25) is 0 Å². The van der Waals surface area contributed by atoms with Crippen LogP contribution in [0, 0.1) is 12.8 Å². The third kappa shape index (κ3) is 3.57. The Hall–Kier alpha value is -1.48. The van der Waals surface area contributed by atoms with Gasteiger partial charge in [0, 0.05) is 30.6 Å². The number of carbonyl (C=O) groups excluding carboxylic acids is 1. The van der Waals surface area contributed by atoms with Gasteiger partial charge in [-0.05, 0) is 37.5 Å². The molecule has 0 radical (unpaired) electrons. The van der Waals surface area contributed by atoms with Crippen molar-refractivity contribution in [3.05, 3.63) is 23.8 Å². The fraction of sp³-hybridized carbons (Fsp3) is 0.588. The van der Waals surface area contributed by atoms with Gasteiger partial charge in [0.05, 0.1) is 11.1 Å². The Kier molecular flexibility index (Phi) is 5.15. The highest BCUT2D eigenvalue weighted by Crippen LogP contribution is 2.27. The molecule has 0 spiro atoms. The maximum atomic E-state index is 12.9. The van der Waals surface area contributed by atoms with Gasteiger partial charge < -0.3 is 4.90 Å². The van der Waals surface area contributed by atoms with Gasteiger partial charge in [-0.3, -0.25) is 10.2 Å². The lowest BCUT2D eigenvalue weighted by Gasteiger charge is -2.21. The lowest BCUT2D eigenvalue weighted by molar-refractivity contribution is -0.117. The number of hydrogen-bond acceptors (Lipinski definition) is 5. The van der Waals surface area contributed by atoms with E-state index in [1.165, 1.54) is 0 Å². The number of hydrogen-bond donors (Lipinski definition) is 3. The summed E-state index contributed by atoms with van der Waals surface area (Å²) in [6, 6.07) is 5.39. The molecule has 3 N–H and O–H groups in total. The van der Waals surface area contributed by atoms with Gasteiger partial charge in [0.15, 0.2) is 0 Å². The molecule has 1 aromatic rings. The number of carbonyl (C=O) groups is 1. The molecule has 25 heavy (non-hydrogen) atoms. The van der Waals surface area contributed by atoms with Crippen molar-refractivity contribution >= 4 is 21.6 Å². The minimum Gasteiger partial charge on any atom is -0.312 e. The van der Waals surface area contributed by atoms with Crippen molar-refractivity contribution in [2.24, 2.45) is 5.92 Å². The van der Waals surface area contributed by atoms with Crippen LogP contribution in [0.3, 0.4) is 0 Å². The second-order valence-corrected chi connectivity index (χ2v) is 8.54. The Bertz CT molecular complexity index is 765. The van der Waals surface area contributed by atoms with E-state index in [4.69, 9.17) is 0 Å². The van der Waals surface area contributed by atoms with E-state index in [2.05, 4.69) is 22.5 Å². The highest BCUT2D eigenvalue weighted by atomic mass is 32.2. The highest BCUT2D eigenvalue weighted by molar-refractivity contribution is 7.89. The second kappa shape index (κ2) is 7.03. The van der Waals surface area contributed by atoms with E-state index in [9.17, 15) is 13.2 Å². The molecule has 3 atom stereocenters. The zero-order valence-electron chi connectivity index (χ0n) is 14.9. The van der Waals surface area contributed by atoms with E-state index < -0.39 is 10.0 Å². The zero-order valence-corrected chi connectivity index (χ0v) is 15.7. The largest absolute Gasteiger partial charge is 0.312 e. The van der Waals surface area contributed by atoms with E-state index in [-0.39, 0.29) is 28.9 Å². The number of anilines is 1. The third-order valence-corrected chi connectivity index (χ3v) is 6.74. The molecular weight excluding hydrogens is 340 g/mol. The molecule has 2 heterocycles. The van der Waals surface area contributed by atoms with Gasteiger partial charge in [-0.1, -0.05) is 19.9 Å². The van der Waals surface area contributed by atoms with Crippen LogP contribution in [0.15, 0.2) is 23.1 Å². The number of rotatable bonds is 5. The van der Waals surface area contributed by atoms with Gasteiger partial charge in [-0.2, -0.15) is 4.72 Å². The molecule has 0 saturated carbocycles. The number of sulfonamides is 1. The van der Waals surface area contributed by atoms with Crippen LogP contribution < -0.4 is 20.5 Å². The van der Waals surface area contributed by atoms with Crippen LogP contribution in [0.1, 0.15) is 38.7 Å². The first-order valence-electron chi connectivity index (χ1n) is 8.78. The second-order valence-electron chi connectivity index (χ2n) is 6.86. The molecule has 3 unspecified atom stereocenters. The van der Waals surface area contributed by atoms with Crippen molar-refractivity contribution in [2.45, 2.75) is 57.1 Å². The first-order valence-corrected chi connectivity index (χ1v) is 10.3. The summed E-state index contributed by atoms with van der Waals surface area (Å²) in [7, 11) is -3.70. The lowest BCUT2D eigenvalue weighted by Crippen LogP contribution is -2.46. The molecule has 0 bridgehead atoms. The van der Waals surface area contributed by atoms with Crippen molar-refractivity contribution in [2.75, 3.05) is 11.4 Å². The summed E-state index contributed by atoms with van der Waals surface area (Å²) in [5.74, 6) is 0.171. The number of nitrogens with one attached hydrogen (secondary N) is 3. The Labute approximate surface area is 149 Å². The fourth-order valence-corrected chi connectivity index (χ4v) is 5.00. The molecule has 1 aromatic carbocycles. The SMILES string of the molecule is CCC1NNC(NS(=O)(=O)c2cc(N3CCCC3=O)ccc2C)C1C. The van der Waals surface area contributed by atoms with Gasteiger partial charge in [0.25, 0.3) is 0 Å². The first kappa shape index (κ1) is 18.3. The summed E-state index contributed by atoms with van der Waals surface area (Å²) in [6.07, 6.45) is 1.87. The average Bonchev–Trinajstić information content (AvgIpc) is 3.14. The van der Waals surface area contributed by atoms with Crippen molar-refractivity contribution in [3.8, 4) is 0 Å². The average molecular weight is 366 g/mol. The fourth-order valence-electron chi connectivity index (χ4n) is 3.50. The number of nitrogens with zero attached hydrogens (tertiary/aromatic N) is 1. The Balaban J connectivity index is 1.85. The molecule has 2 aliphatic rings. The normalized spacial score (nSPS) is 27.2. The maximum absolute atomic E-state index is 12.9. The topological polar surface area (TPSA) is 90.5 Å². The third-order valence-electron chi connectivity index (χ3n) is 5.15. The molecule has 2 aliphatic heterocycles. The Morgan fingerprint density at radius 3 is 2.68 bits per heavy atom. The summed E-state index contributed by atoms with van der Waals surface area (Å²) in [4.78, 5) is 13.8. The predicted molar refractivity (Wildman–Crippen MR) is 96.4 cm³/mol. The van der Waals surface area contributed by atoms with Crippen LogP contribution in [0.4, 0.5) is 5.69 Å². The van der Waals surface area contributed by atoms with Crippen molar-refractivity contribution < 1.29 is 13.2 Å². The van der Waals surface area contributed by atoms with Gasteiger partial charge in [-0.25, -0.2) is 13.8 Å². The van der Waals surface area contributed by atoms with E-state index in [0.717, 1.165) is 12.8 Å². The minimum absolute atomic E-state index is 0.0428. The summed E-state index contributed by atoms with van der Waals surface area (Å²) in [5.41, 5.74) is 7.46. The van der Waals surface area contributed by atoms with Crippen LogP contribution in [0.25, 0.3) is 0 Å². The number of hydrazine groups is 1. The van der Waals surface area contributed by atoms with Crippen molar-refractivity contribution in [3.63, 3.8) is 0 Å². The molecule has 8 heteroatoms. The molecule has 138 valence electrons. The quantitative estimate of drug-likeness (QED) is 0.730. The smallest absolute Gasteiger partial charge is 0.242 e. The Morgan fingerprint density at radius 1 is 1.32 bits per heavy atom. The summed E-state index contributed by atoms with van der Waals surface area (Å²) in [5, 5.41) is 0. The van der Waals surface area contributed by atoms with Crippen LogP contribution in [-0.4, -0.2) is 33.1 Å².